The maximum absolute atomic E-state index is 12.4. The summed E-state index contributed by atoms with van der Waals surface area (Å²) in [4.78, 5) is 38.5. The predicted molar refractivity (Wildman–Crippen MR) is 72.2 cm³/mol. The van der Waals surface area contributed by atoms with E-state index in [1.807, 2.05) is 19.1 Å². The Morgan fingerprint density at radius 2 is 1.58 bits per heavy atom. The van der Waals surface area contributed by atoms with Gasteiger partial charge in [-0.3, -0.25) is 19.4 Å². The SMILES string of the molecule is C=CCC1(CC=CCC)C(=O)N(C)C(=O)N(C)C1=O. The van der Waals surface area contributed by atoms with Crippen LogP contribution in [0.4, 0.5) is 4.79 Å². The summed E-state index contributed by atoms with van der Waals surface area (Å²) in [5.41, 5.74) is -1.23. The molecule has 1 heterocycles. The highest BCUT2D eigenvalue weighted by Crippen LogP contribution is 2.36. The largest absolute Gasteiger partial charge is 0.332 e. The van der Waals surface area contributed by atoms with Gasteiger partial charge in [0, 0.05) is 14.1 Å². The summed E-state index contributed by atoms with van der Waals surface area (Å²) in [5, 5.41) is 0. The van der Waals surface area contributed by atoms with Crippen molar-refractivity contribution in [2.45, 2.75) is 26.2 Å². The first-order chi connectivity index (χ1) is 8.92. The molecule has 1 aliphatic heterocycles. The molecule has 1 saturated heterocycles. The van der Waals surface area contributed by atoms with Gasteiger partial charge in [0.05, 0.1) is 0 Å². The van der Waals surface area contributed by atoms with Crippen molar-refractivity contribution in [1.29, 1.82) is 0 Å². The average molecular weight is 264 g/mol. The molecule has 0 N–H and O–H groups in total. The van der Waals surface area contributed by atoms with E-state index in [4.69, 9.17) is 0 Å². The molecule has 0 saturated carbocycles. The third kappa shape index (κ3) is 2.45. The number of urea groups is 1. The van der Waals surface area contributed by atoms with E-state index in [2.05, 4.69) is 6.58 Å². The van der Waals surface area contributed by atoms with Gasteiger partial charge >= 0.3 is 6.03 Å². The number of allylic oxidation sites excluding steroid dienone is 3. The summed E-state index contributed by atoms with van der Waals surface area (Å²) < 4.78 is 0. The van der Waals surface area contributed by atoms with Gasteiger partial charge in [-0.1, -0.05) is 25.2 Å². The fraction of sp³-hybridized carbons (Fsp3) is 0.500. The number of amides is 4. The zero-order chi connectivity index (χ0) is 14.6. The molecule has 0 atom stereocenters. The van der Waals surface area contributed by atoms with Gasteiger partial charge in [0.2, 0.25) is 11.8 Å². The summed E-state index contributed by atoms with van der Waals surface area (Å²) in [7, 11) is 2.80. The molecule has 0 bridgehead atoms. The minimum Gasteiger partial charge on any atom is -0.273 e. The maximum atomic E-state index is 12.4. The number of hydrogen-bond acceptors (Lipinski definition) is 3. The number of barbiturate groups is 1. The van der Waals surface area contributed by atoms with E-state index in [0.717, 1.165) is 16.2 Å². The molecule has 104 valence electrons. The number of carbonyl (C=O) groups excluding carboxylic acids is 3. The molecule has 5 nitrogen and oxygen atoms in total. The second-order valence-electron chi connectivity index (χ2n) is 4.67. The molecule has 1 rings (SSSR count). The zero-order valence-corrected chi connectivity index (χ0v) is 11.7. The third-order valence-corrected chi connectivity index (χ3v) is 3.36. The van der Waals surface area contributed by atoms with Gasteiger partial charge in [-0.25, -0.2) is 4.79 Å². The molecule has 1 fully saturated rings. The zero-order valence-electron chi connectivity index (χ0n) is 11.7. The van der Waals surface area contributed by atoms with E-state index in [-0.39, 0.29) is 12.8 Å². The standard InChI is InChI=1S/C14H20N2O3/c1-5-7-8-10-14(9-6-2)11(17)15(3)13(19)16(4)12(14)18/h6-8H,2,5,9-10H2,1,3-4H3. The Labute approximate surface area is 113 Å². The molecular weight excluding hydrogens is 244 g/mol. The topological polar surface area (TPSA) is 57.7 Å². The molecule has 5 heteroatoms. The lowest BCUT2D eigenvalue weighted by Crippen LogP contribution is -2.62. The Bertz CT molecular complexity index is 416. The minimum atomic E-state index is -1.23. The van der Waals surface area contributed by atoms with Crippen molar-refractivity contribution in [3.63, 3.8) is 0 Å². The van der Waals surface area contributed by atoms with Gasteiger partial charge in [0.1, 0.15) is 5.41 Å². The molecule has 0 aromatic rings. The Morgan fingerprint density at radius 1 is 1.05 bits per heavy atom. The van der Waals surface area contributed by atoms with Gasteiger partial charge in [0.25, 0.3) is 0 Å². The van der Waals surface area contributed by atoms with Crippen LogP contribution in [0.5, 0.6) is 0 Å². The first-order valence-corrected chi connectivity index (χ1v) is 6.28. The normalized spacial score (nSPS) is 19.4. The van der Waals surface area contributed by atoms with Gasteiger partial charge in [0.15, 0.2) is 0 Å². The van der Waals surface area contributed by atoms with Gasteiger partial charge < -0.3 is 0 Å². The number of hydrogen-bond donors (Lipinski definition) is 0. The third-order valence-electron chi connectivity index (χ3n) is 3.36. The second-order valence-corrected chi connectivity index (χ2v) is 4.67. The highest BCUT2D eigenvalue weighted by atomic mass is 16.2. The van der Waals surface area contributed by atoms with E-state index in [1.165, 1.54) is 14.1 Å². The lowest BCUT2D eigenvalue weighted by Gasteiger charge is -2.40. The minimum absolute atomic E-state index is 0.223. The number of imide groups is 2. The molecule has 0 spiro atoms. The Morgan fingerprint density at radius 3 is 2.00 bits per heavy atom. The first-order valence-electron chi connectivity index (χ1n) is 6.28. The van der Waals surface area contributed by atoms with E-state index < -0.39 is 23.3 Å². The molecule has 0 aromatic carbocycles. The van der Waals surface area contributed by atoms with Gasteiger partial charge in [-0.05, 0) is 19.3 Å². The molecule has 0 aliphatic carbocycles. The summed E-state index contributed by atoms with van der Waals surface area (Å²) in [5.74, 6) is -0.914. The Hall–Kier alpha value is -1.91. The lowest BCUT2D eigenvalue weighted by atomic mass is 9.77. The number of carbonyl (C=O) groups is 3. The molecule has 19 heavy (non-hydrogen) atoms. The van der Waals surface area contributed by atoms with Crippen molar-refractivity contribution in [2.75, 3.05) is 14.1 Å². The average Bonchev–Trinajstić information content (AvgIpc) is 2.41. The Kier molecular flexibility index (Phi) is 4.64. The summed E-state index contributed by atoms with van der Waals surface area (Å²) in [6.07, 6.45) is 6.61. The molecule has 4 amide bonds. The van der Waals surface area contributed by atoms with E-state index in [0.29, 0.717) is 0 Å². The number of rotatable bonds is 5. The van der Waals surface area contributed by atoms with Gasteiger partial charge in [-0.15, -0.1) is 6.58 Å². The fourth-order valence-electron chi connectivity index (χ4n) is 2.26. The van der Waals surface area contributed by atoms with Crippen LogP contribution in [0.2, 0.25) is 0 Å². The van der Waals surface area contributed by atoms with Crippen molar-refractivity contribution in [3.05, 3.63) is 24.8 Å². The molecular formula is C14H20N2O3. The van der Waals surface area contributed by atoms with Crippen LogP contribution in [0.15, 0.2) is 24.8 Å². The van der Waals surface area contributed by atoms with Crippen LogP contribution in [0.3, 0.4) is 0 Å². The quantitative estimate of drug-likeness (QED) is 0.563. The van der Waals surface area contributed by atoms with Crippen LogP contribution in [-0.2, 0) is 9.59 Å². The molecule has 0 unspecified atom stereocenters. The van der Waals surface area contributed by atoms with Crippen molar-refractivity contribution in [3.8, 4) is 0 Å². The van der Waals surface area contributed by atoms with Crippen molar-refractivity contribution < 1.29 is 14.4 Å². The smallest absolute Gasteiger partial charge is 0.273 e. The molecule has 1 aliphatic rings. The lowest BCUT2D eigenvalue weighted by molar-refractivity contribution is -0.156. The second kappa shape index (κ2) is 5.82. The van der Waals surface area contributed by atoms with Crippen LogP contribution >= 0.6 is 0 Å². The van der Waals surface area contributed by atoms with Crippen molar-refractivity contribution in [1.82, 2.24) is 9.80 Å². The first kappa shape index (κ1) is 15.1. The fourth-order valence-corrected chi connectivity index (χ4v) is 2.26. The van der Waals surface area contributed by atoms with E-state index in [9.17, 15) is 14.4 Å². The van der Waals surface area contributed by atoms with E-state index >= 15 is 0 Å². The number of nitrogens with zero attached hydrogens (tertiary/aromatic N) is 2. The summed E-state index contributed by atoms with van der Waals surface area (Å²) in [6.45, 7) is 5.59. The van der Waals surface area contributed by atoms with Gasteiger partial charge in [-0.2, -0.15) is 0 Å². The highest BCUT2D eigenvalue weighted by Gasteiger charge is 2.53. The maximum Gasteiger partial charge on any atom is 0.332 e. The van der Waals surface area contributed by atoms with Crippen LogP contribution in [0.1, 0.15) is 26.2 Å². The monoisotopic (exact) mass is 264 g/mol. The summed E-state index contributed by atoms with van der Waals surface area (Å²) in [6, 6.07) is -0.589. The molecule has 0 aromatic heterocycles. The Balaban J connectivity index is 3.21. The van der Waals surface area contributed by atoms with Crippen LogP contribution < -0.4 is 0 Å². The van der Waals surface area contributed by atoms with Crippen LogP contribution in [0.25, 0.3) is 0 Å². The summed E-state index contributed by atoms with van der Waals surface area (Å²) >= 11 is 0. The van der Waals surface area contributed by atoms with Crippen molar-refractivity contribution in [2.24, 2.45) is 5.41 Å². The van der Waals surface area contributed by atoms with E-state index in [1.54, 1.807) is 6.08 Å². The van der Waals surface area contributed by atoms with Crippen molar-refractivity contribution >= 4 is 17.8 Å². The van der Waals surface area contributed by atoms with Crippen LogP contribution in [-0.4, -0.2) is 41.7 Å². The predicted octanol–water partition coefficient (Wildman–Crippen LogP) is 1.96. The molecule has 0 radical (unpaired) electrons. The highest BCUT2D eigenvalue weighted by molar-refractivity contribution is 6.18. The van der Waals surface area contributed by atoms with Crippen LogP contribution in [0, 0.1) is 5.41 Å².